The van der Waals surface area contributed by atoms with Gasteiger partial charge in [-0.25, -0.2) is 15.8 Å². The Kier molecular flexibility index (Phi) is 3.71. The Hall–Kier alpha value is -1.36. The molecular weight excluding hydrogens is 226 g/mol. The third-order valence-corrected chi connectivity index (χ3v) is 3.82. The number of aryl methyl sites for hydroxylation is 1. The fourth-order valence-corrected chi connectivity index (χ4v) is 2.66. The Morgan fingerprint density at radius 3 is 2.67 bits per heavy atom. The van der Waals surface area contributed by atoms with Crippen molar-refractivity contribution in [3.8, 4) is 0 Å². The van der Waals surface area contributed by atoms with E-state index in [-0.39, 0.29) is 0 Å². The molecule has 100 valence electrons. The Morgan fingerprint density at radius 2 is 2.00 bits per heavy atom. The largest absolute Gasteiger partial charge is 0.367 e. The van der Waals surface area contributed by atoms with Gasteiger partial charge in [0.1, 0.15) is 17.5 Å². The first-order valence-corrected chi connectivity index (χ1v) is 6.60. The molecule has 1 saturated carbocycles. The van der Waals surface area contributed by atoms with Gasteiger partial charge in [-0.15, -0.1) is 0 Å². The van der Waals surface area contributed by atoms with Crippen molar-refractivity contribution in [1.29, 1.82) is 0 Å². The van der Waals surface area contributed by atoms with Crippen LogP contribution in [0.15, 0.2) is 6.07 Å². The number of hydrazine groups is 1. The minimum Gasteiger partial charge on any atom is -0.367 e. The van der Waals surface area contributed by atoms with Gasteiger partial charge in [-0.3, -0.25) is 0 Å². The first kappa shape index (κ1) is 13.1. The van der Waals surface area contributed by atoms with Crippen LogP contribution in [0.25, 0.3) is 0 Å². The number of hydrogen-bond donors (Lipinski definition) is 3. The summed E-state index contributed by atoms with van der Waals surface area (Å²) in [4.78, 5) is 8.62. The summed E-state index contributed by atoms with van der Waals surface area (Å²) in [5, 5.41) is 3.54. The molecule has 0 spiro atoms. The predicted molar refractivity (Wildman–Crippen MR) is 74.2 cm³/mol. The van der Waals surface area contributed by atoms with E-state index in [1.165, 1.54) is 25.7 Å². The summed E-state index contributed by atoms with van der Waals surface area (Å²) in [6.45, 7) is 6.51. The zero-order valence-corrected chi connectivity index (χ0v) is 11.5. The van der Waals surface area contributed by atoms with Crippen LogP contribution in [0.1, 0.15) is 45.4 Å². The molecular formula is C13H23N5. The van der Waals surface area contributed by atoms with Crippen LogP contribution in [0.2, 0.25) is 0 Å². The monoisotopic (exact) mass is 249 g/mol. The number of aromatic nitrogens is 2. The van der Waals surface area contributed by atoms with Gasteiger partial charge in [0.2, 0.25) is 0 Å². The van der Waals surface area contributed by atoms with Gasteiger partial charge in [0.25, 0.3) is 0 Å². The first-order valence-electron chi connectivity index (χ1n) is 6.60. The highest BCUT2D eigenvalue weighted by atomic mass is 15.3. The normalized spacial score (nSPS) is 22.6. The first-order chi connectivity index (χ1) is 8.51. The number of hydrogen-bond acceptors (Lipinski definition) is 5. The maximum atomic E-state index is 5.41. The second-order valence-corrected chi connectivity index (χ2v) is 5.76. The third kappa shape index (κ3) is 2.90. The fraction of sp³-hybridized carbons (Fsp3) is 0.692. The van der Waals surface area contributed by atoms with Gasteiger partial charge in [-0.2, -0.15) is 0 Å². The lowest BCUT2D eigenvalue weighted by Crippen LogP contribution is -2.39. The molecule has 5 nitrogen and oxygen atoms in total. The van der Waals surface area contributed by atoms with E-state index in [2.05, 4.69) is 34.6 Å². The van der Waals surface area contributed by atoms with Crippen molar-refractivity contribution < 1.29 is 0 Å². The van der Waals surface area contributed by atoms with Crippen LogP contribution in [0.5, 0.6) is 0 Å². The second kappa shape index (κ2) is 5.10. The number of rotatable bonds is 3. The maximum Gasteiger partial charge on any atom is 0.145 e. The van der Waals surface area contributed by atoms with Crippen molar-refractivity contribution in [1.82, 2.24) is 9.97 Å². The van der Waals surface area contributed by atoms with Gasteiger partial charge < -0.3 is 10.7 Å². The Balaban J connectivity index is 2.15. The zero-order valence-electron chi connectivity index (χ0n) is 11.5. The molecule has 1 aliphatic carbocycles. The van der Waals surface area contributed by atoms with Crippen LogP contribution in [0.4, 0.5) is 11.6 Å². The molecule has 0 aromatic carbocycles. The fourth-order valence-electron chi connectivity index (χ4n) is 2.66. The number of nitrogens with two attached hydrogens (primary N) is 1. The van der Waals surface area contributed by atoms with Crippen molar-refractivity contribution in [3.63, 3.8) is 0 Å². The molecule has 1 unspecified atom stereocenters. The topological polar surface area (TPSA) is 75.9 Å². The Bertz CT molecular complexity index is 416. The molecule has 1 fully saturated rings. The van der Waals surface area contributed by atoms with E-state index < -0.39 is 0 Å². The van der Waals surface area contributed by atoms with Crippen molar-refractivity contribution in [2.24, 2.45) is 11.3 Å². The highest BCUT2D eigenvalue weighted by molar-refractivity contribution is 5.47. The molecule has 1 atom stereocenters. The molecule has 0 amide bonds. The quantitative estimate of drug-likeness (QED) is 0.566. The van der Waals surface area contributed by atoms with Gasteiger partial charge in [0.05, 0.1) is 0 Å². The van der Waals surface area contributed by atoms with Crippen molar-refractivity contribution in [2.75, 3.05) is 10.7 Å². The molecule has 1 aromatic heterocycles. The minimum absolute atomic E-state index is 0.313. The van der Waals surface area contributed by atoms with Crippen LogP contribution >= 0.6 is 0 Å². The number of nitrogen functional groups attached to an aromatic ring is 1. The lowest BCUT2D eigenvalue weighted by Gasteiger charge is -2.39. The Labute approximate surface area is 109 Å². The minimum atomic E-state index is 0.313. The summed E-state index contributed by atoms with van der Waals surface area (Å²) in [7, 11) is 0. The van der Waals surface area contributed by atoms with E-state index in [1.807, 2.05) is 13.0 Å². The van der Waals surface area contributed by atoms with Gasteiger partial charge in [0, 0.05) is 12.1 Å². The molecule has 4 N–H and O–H groups in total. The second-order valence-electron chi connectivity index (χ2n) is 5.76. The summed E-state index contributed by atoms with van der Waals surface area (Å²) in [6, 6.07) is 2.32. The highest BCUT2D eigenvalue weighted by Gasteiger charge is 2.32. The molecule has 18 heavy (non-hydrogen) atoms. The molecule has 1 aromatic rings. The van der Waals surface area contributed by atoms with Gasteiger partial charge >= 0.3 is 0 Å². The van der Waals surface area contributed by atoms with Crippen LogP contribution in [0.3, 0.4) is 0 Å². The zero-order chi connectivity index (χ0) is 13.2. The number of nitrogens with one attached hydrogen (secondary N) is 2. The standard InChI is InChI=1S/C13H23N5/c1-9-15-11(8-12(16-9)18-14)17-10-6-4-5-7-13(10,2)3/h8,10H,4-7,14H2,1-3H3,(H2,15,16,17,18). The van der Waals surface area contributed by atoms with E-state index in [0.29, 0.717) is 17.3 Å². The molecule has 0 radical (unpaired) electrons. The van der Waals surface area contributed by atoms with E-state index in [9.17, 15) is 0 Å². The molecule has 0 saturated heterocycles. The molecule has 2 rings (SSSR count). The van der Waals surface area contributed by atoms with Crippen molar-refractivity contribution >= 4 is 11.6 Å². The van der Waals surface area contributed by atoms with Crippen LogP contribution in [0, 0.1) is 12.3 Å². The average molecular weight is 249 g/mol. The SMILES string of the molecule is Cc1nc(NN)cc(NC2CCCCC2(C)C)n1. The van der Waals surface area contributed by atoms with Gasteiger partial charge in [-0.05, 0) is 25.2 Å². The summed E-state index contributed by atoms with van der Waals surface area (Å²) < 4.78 is 0. The lowest BCUT2D eigenvalue weighted by molar-refractivity contribution is 0.216. The summed E-state index contributed by atoms with van der Waals surface area (Å²) >= 11 is 0. The molecule has 1 aliphatic rings. The third-order valence-electron chi connectivity index (χ3n) is 3.82. The summed E-state index contributed by atoms with van der Waals surface area (Å²) in [5.41, 5.74) is 2.89. The van der Waals surface area contributed by atoms with Gasteiger partial charge in [-0.1, -0.05) is 26.7 Å². The number of nitrogens with zero attached hydrogens (tertiary/aromatic N) is 2. The lowest BCUT2D eigenvalue weighted by atomic mass is 9.73. The van der Waals surface area contributed by atoms with Crippen molar-refractivity contribution in [3.05, 3.63) is 11.9 Å². The smallest absolute Gasteiger partial charge is 0.145 e. The maximum absolute atomic E-state index is 5.41. The van der Waals surface area contributed by atoms with E-state index in [4.69, 9.17) is 5.84 Å². The molecule has 1 heterocycles. The van der Waals surface area contributed by atoms with Crippen LogP contribution in [-0.2, 0) is 0 Å². The highest BCUT2D eigenvalue weighted by Crippen LogP contribution is 2.37. The Morgan fingerprint density at radius 1 is 1.28 bits per heavy atom. The van der Waals surface area contributed by atoms with E-state index >= 15 is 0 Å². The van der Waals surface area contributed by atoms with E-state index in [1.54, 1.807) is 0 Å². The van der Waals surface area contributed by atoms with E-state index in [0.717, 1.165) is 11.6 Å². The van der Waals surface area contributed by atoms with Crippen LogP contribution < -0.4 is 16.6 Å². The van der Waals surface area contributed by atoms with Crippen LogP contribution in [-0.4, -0.2) is 16.0 Å². The molecule has 5 heteroatoms. The van der Waals surface area contributed by atoms with Crippen molar-refractivity contribution in [2.45, 2.75) is 52.5 Å². The predicted octanol–water partition coefficient (Wildman–Crippen LogP) is 2.45. The number of anilines is 2. The average Bonchev–Trinajstić information content (AvgIpc) is 2.31. The summed E-state index contributed by atoms with van der Waals surface area (Å²) in [5.74, 6) is 7.64. The molecule has 0 aliphatic heterocycles. The summed E-state index contributed by atoms with van der Waals surface area (Å²) in [6.07, 6.45) is 5.06. The van der Waals surface area contributed by atoms with Gasteiger partial charge in [0.15, 0.2) is 0 Å². The molecule has 0 bridgehead atoms.